The van der Waals surface area contributed by atoms with Crippen LogP contribution in [0.15, 0.2) is 77.7 Å². The first-order valence-electron chi connectivity index (χ1n) is 10.6. The van der Waals surface area contributed by atoms with Crippen LogP contribution in [0.1, 0.15) is 37.3 Å². The highest BCUT2D eigenvalue weighted by Gasteiger charge is 2.19. The third-order valence-electron chi connectivity index (χ3n) is 5.46. The van der Waals surface area contributed by atoms with Crippen LogP contribution in [0.3, 0.4) is 0 Å². The van der Waals surface area contributed by atoms with Gasteiger partial charge in [0.1, 0.15) is 0 Å². The van der Waals surface area contributed by atoms with E-state index in [-0.39, 0.29) is 10.7 Å². The number of fused-ring (bicyclic) bond motifs is 1. The third-order valence-corrected chi connectivity index (χ3v) is 6.79. The van der Waals surface area contributed by atoms with Crippen LogP contribution < -0.4 is 10.0 Å². The molecule has 1 aromatic heterocycles. The highest BCUT2D eigenvalue weighted by atomic mass is 32.2. The number of aryl methyl sites for hydroxylation is 1. The molecule has 164 valence electrons. The second-order valence-electron chi connectivity index (χ2n) is 7.89. The molecule has 4 rings (SSSR count). The summed E-state index contributed by atoms with van der Waals surface area (Å²) in [6.07, 6.45) is 1.06. The lowest BCUT2D eigenvalue weighted by Crippen LogP contribution is -2.16. The second kappa shape index (κ2) is 8.96. The fourth-order valence-corrected chi connectivity index (χ4v) is 4.51. The molecule has 0 bridgehead atoms. The molecule has 2 N–H and O–H groups in total. The number of nitrogens with zero attached hydrogens (tertiary/aromatic N) is 2. The van der Waals surface area contributed by atoms with Gasteiger partial charge in [0.15, 0.2) is 11.6 Å². The summed E-state index contributed by atoms with van der Waals surface area (Å²) >= 11 is 0. The van der Waals surface area contributed by atoms with Crippen molar-refractivity contribution in [3.05, 3.63) is 83.9 Å². The number of anilines is 3. The van der Waals surface area contributed by atoms with Crippen LogP contribution in [-0.4, -0.2) is 18.4 Å². The zero-order valence-corrected chi connectivity index (χ0v) is 19.1. The molecule has 0 saturated carbocycles. The van der Waals surface area contributed by atoms with Crippen LogP contribution in [0.2, 0.25) is 0 Å². The molecule has 0 aliphatic rings. The van der Waals surface area contributed by atoms with Gasteiger partial charge in [-0.3, -0.25) is 4.72 Å². The number of aromatic nitrogens is 2. The first-order chi connectivity index (χ1) is 15.4. The SMILES string of the molecule is CC[C@@H](C)c1ccc(Nc2nc3ccccc3nc2NS(=O)(=O)c2cccc(C)c2)cc1. The summed E-state index contributed by atoms with van der Waals surface area (Å²) in [6, 6.07) is 22.2. The standard InChI is InChI=1S/C25H26N4O2S/c1-4-18(3)19-12-14-20(15-13-19)26-24-25(28-23-11-6-5-10-22(23)27-24)29-32(30,31)21-9-7-8-17(2)16-21/h5-16,18H,4H2,1-3H3,(H,26,27)(H,28,29)/t18-/m1/s1. The van der Waals surface area contributed by atoms with Crippen molar-refractivity contribution in [2.75, 3.05) is 10.0 Å². The number of hydrogen-bond donors (Lipinski definition) is 2. The Hall–Kier alpha value is -3.45. The van der Waals surface area contributed by atoms with Crippen molar-refractivity contribution in [3.8, 4) is 0 Å². The predicted molar refractivity (Wildman–Crippen MR) is 130 cm³/mol. The van der Waals surface area contributed by atoms with E-state index >= 15 is 0 Å². The van der Waals surface area contributed by atoms with Gasteiger partial charge in [-0.15, -0.1) is 0 Å². The van der Waals surface area contributed by atoms with E-state index < -0.39 is 10.0 Å². The number of benzene rings is 3. The quantitative estimate of drug-likeness (QED) is 0.364. The largest absolute Gasteiger partial charge is 0.337 e. The van der Waals surface area contributed by atoms with Gasteiger partial charge >= 0.3 is 0 Å². The van der Waals surface area contributed by atoms with Crippen LogP contribution in [0.25, 0.3) is 11.0 Å². The molecular weight excluding hydrogens is 420 g/mol. The van der Waals surface area contributed by atoms with Gasteiger partial charge in [0.25, 0.3) is 10.0 Å². The Balaban J connectivity index is 1.72. The summed E-state index contributed by atoms with van der Waals surface area (Å²) in [5, 5.41) is 3.23. The molecule has 32 heavy (non-hydrogen) atoms. The fourth-order valence-electron chi connectivity index (χ4n) is 3.39. The van der Waals surface area contributed by atoms with Crippen molar-refractivity contribution in [1.29, 1.82) is 0 Å². The molecule has 1 atom stereocenters. The van der Waals surface area contributed by atoms with Crippen LogP contribution >= 0.6 is 0 Å². The van der Waals surface area contributed by atoms with Gasteiger partial charge in [0, 0.05) is 5.69 Å². The number of para-hydroxylation sites is 2. The van der Waals surface area contributed by atoms with Gasteiger partial charge < -0.3 is 5.32 Å². The molecular formula is C25H26N4O2S. The molecule has 0 unspecified atom stereocenters. The van der Waals surface area contributed by atoms with E-state index in [4.69, 9.17) is 0 Å². The lowest BCUT2D eigenvalue weighted by Gasteiger charge is -2.15. The fraction of sp³-hybridized carbons (Fsp3) is 0.200. The Kier molecular flexibility index (Phi) is 6.10. The molecule has 0 saturated heterocycles. The van der Waals surface area contributed by atoms with Crippen molar-refractivity contribution in [3.63, 3.8) is 0 Å². The average Bonchev–Trinajstić information content (AvgIpc) is 2.79. The monoisotopic (exact) mass is 446 g/mol. The van der Waals surface area contributed by atoms with Crippen molar-refractivity contribution < 1.29 is 8.42 Å². The molecule has 6 nitrogen and oxygen atoms in total. The Labute approximate surface area is 188 Å². The summed E-state index contributed by atoms with van der Waals surface area (Å²) in [5.41, 5.74) is 4.19. The molecule has 0 aliphatic heterocycles. The Morgan fingerprint density at radius 3 is 2.16 bits per heavy atom. The first kappa shape index (κ1) is 21.8. The third kappa shape index (κ3) is 4.73. The molecule has 4 aromatic rings. The predicted octanol–water partition coefficient (Wildman–Crippen LogP) is 6.00. The molecule has 0 fully saturated rings. The molecule has 0 radical (unpaired) electrons. The van der Waals surface area contributed by atoms with Crippen molar-refractivity contribution in [2.45, 2.75) is 38.0 Å². The van der Waals surface area contributed by atoms with E-state index in [9.17, 15) is 8.42 Å². The maximum absolute atomic E-state index is 13.0. The van der Waals surface area contributed by atoms with Gasteiger partial charge in [0.2, 0.25) is 0 Å². The normalized spacial score (nSPS) is 12.5. The van der Waals surface area contributed by atoms with E-state index in [0.29, 0.717) is 22.8 Å². The minimum absolute atomic E-state index is 0.149. The minimum atomic E-state index is -3.83. The molecule has 0 spiro atoms. The smallest absolute Gasteiger partial charge is 0.263 e. The summed E-state index contributed by atoms with van der Waals surface area (Å²) < 4.78 is 28.7. The van der Waals surface area contributed by atoms with Gasteiger partial charge in [-0.1, -0.05) is 50.2 Å². The van der Waals surface area contributed by atoms with E-state index in [2.05, 4.69) is 46.0 Å². The average molecular weight is 447 g/mol. The molecule has 1 heterocycles. The van der Waals surface area contributed by atoms with Crippen molar-refractivity contribution in [2.24, 2.45) is 0 Å². The maximum Gasteiger partial charge on any atom is 0.263 e. The van der Waals surface area contributed by atoms with Gasteiger partial charge in [-0.05, 0) is 66.8 Å². The minimum Gasteiger partial charge on any atom is -0.337 e. The first-order valence-corrected chi connectivity index (χ1v) is 12.1. The zero-order chi connectivity index (χ0) is 22.7. The molecule has 7 heteroatoms. The maximum atomic E-state index is 13.0. The second-order valence-corrected chi connectivity index (χ2v) is 9.57. The highest BCUT2D eigenvalue weighted by Crippen LogP contribution is 2.28. The summed E-state index contributed by atoms with van der Waals surface area (Å²) in [5.74, 6) is 0.966. The highest BCUT2D eigenvalue weighted by molar-refractivity contribution is 7.92. The Morgan fingerprint density at radius 2 is 1.53 bits per heavy atom. The Morgan fingerprint density at radius 1 is 0.875 bits per heavy atom. The summed E-state index contributed by atoms with van der Waals surface area (Å²) in [7, 11) is -3.83. The van der Waals surface area contributed by atoms with Gasteiger partial charge in [-0.25, -0.2) is 18.4 Å². The number of rotatable bonds is 7. The molecule has 3 aromatic carbocycles. The molecule has 0 amide bonds. The van der Waals surface area contributed by atoms with E-state index in [1.54, 1.807) is 24.3 Å². The number of nitrogens with one attached hydrogen (secondary N) is 2. The van der Waals surface area contributed by atoms with Crippen LogP contribution in [0.5, 0.6) is 0 Å². The Bertz CT molecular complexity index is 1350. The summed E-state index contributed by atoms with van der Waals surface area (Å²) in [4.78, 5) is 9.36. The van der Waals surface area contributed by atoms with Crippen molar-refractivity contribution in [1.82, 2.24) is 9.97 Å². The van der Waals surface area contributed by atoms with Gasteiger partial charge in [0.05, 0.1) is 15.9 Å². The topological polar surface area (TPSA) is 84.0 Å². The zero-order valence-electron chi connectivity index (χ0n) is 18.3. The summed E-state index contributed by atoms with van der Waals surface area (Å²) in [6.45, 7) is 6.20. The lowest BCUT2D eigenvalue weighted by atomic mass is 9.99. The van der Waals surface area contributed by atoms with Gasteiger partial charge in [-0.2, -0.15) is 0 Å². The van der Waals surface area contributed by atoms with E-state index in [1.807, 2.05) is 43.3 Å². The van der Waals surface area contributed by atoms with E-state index in [0.717, 1.165) is 17.7 Å². The number of hydrogen-bond acceptors (Lipinski definition) is 5. The molecule has 0 aliphatic carbocycles. The van der Waals surface area contributed by atoms with Crippen LogP contribution in [0, 0.1) is 6.92 Å². The van der Waals surface area contributed by atoms with Crippen LogP contribution in [-0.2, 0) is 10.0 Å². The number of sulfonamides is 1. The lowest BCUT2D eigenvalue weighted by molar-refractivity contribution is 0.601. The van der Waals surface area contributed by atoms with E-state index in [1.165, 1.54) is 5.56 Å². The van der Waals surface area contributed by atoms with Crippen molar-refractivity contribution >= 4 is 38.4 Å². The van der Waals surface area contributed by atoms with Crippen LogP contribution in [0.4, 0.5) is 17.3 Å².